The Morgan fingerprint density at radius 1 is 1.53 bits per heavy atom. The van der Waals surface area contributed by atoms with Crippen molar-refractivity contribution in [1.82, 2.24) is 4.98 Å². The van der Waals surface area contributed by atoms with Gasteiger partial charge in [0.1, 0.15) is 0 Å². The molecule has 2 N–H and O–H groups in total. The molecule has 0 amide bonds. The molecule has 0 saturated heterocycles. The molecule has 0 fully saturated rings. The molecule has 0 aromatic carbocycles. The number of pyridine rings is 1. The predicted molar refractivity (Wildman–Crippen MR) is 59.2 cm³/mol. The van der Waals surface area contributed by atoms with Gasteiger partial charge in [-0.15, -0.1) is 0 Å². The average molecular weight is 204 g/mol. The summed E-state index contributed by atoms with van der Waals surface area (Å²) in [7, 11) is 0. The highest BCUT2D eigenvalue weighted by Crippen LogP contribution is 2.16. The Hall–Kier alpha value is -1.35. The standard InChI is InChI=1S/C12H16N2O/c13-12(11-4-2-6-15-9-11)7-10-3-1-5-14-8-10/h1,3,5,8-9,12H,2,4,6-7,13H2. The van der Waals surface area contributed by atoms with Crippen molar-refractivity contribution >= 4 is 0 Å². The lowest BCUT2D eigenvalue weighted by Gasteiger charge is -2.19. The van der Waals surface area contributed by atoms with Gasteiger partial charge in [-0.3, -0.25) is 4.98 Å². The molecule has 0 spiro atoms. The van der Waals surface area contributed by atoms with Gasteiger partial charge in [0, 0.05) is 18.4 Å². The van der Waals surface area contributed by atoms with Crippen molar-refractivity contribution in [2.75, 3.05) is 6.61 Å². The van der Waals surface area contributed by atoms with E-state index in [4.69, 9.17) is 10.5 Å². The number of hydrogen-bond acceptors (Lipinski definition) is 3. The van der Waals surface area contributed by atoms with Gasteiger partial charge in [0.05, 0.1) is 12.9 Å². The summed E-state index contributed by atoms with van der Waals surface area (Å²) in [5, 5.41) is 0. The van der Waals surface area contributed by atoms with Gasteiger partial charge in [0.15, 0.2) is 0 Å². The molecule has 1 aromatic rings. The molecule has 80 valence electrons. The Balaban J connectivity index is 1.97. The quantitative estimate of drug-likeness (QED) is 0.814. The van der Waals surface area contributed by atoms with E-state index in [-0.39, 0.29) is 6.04 Å². The van der Waals surface area contributed by atoms with E-state index in [1.165, 1.54) is 11.1 Å². The topological polar surface area (TPSA) is 48.1 Å². The molecule has 1 aliphatic heterocycles. The second kappa shape index (κ2) is 4.94. The number of nitrogens with two attached hydrogens (primary N) is 1. The Labute approximate surface area is 90.0 Å². The van der Waals surface area contributed by atoms with E-state index in [1.54, 1.807) is 6.20 Å². The van der Waals surface area contributed by atoms with Crippen LogP contribution in [0.1, 0.15) is 18.4 Å². The summed E-state index contributed by atoms with van der Waals surface area (Å²) in [4.78, 5) is 4.08. The van der Waals surface area contributed by atoms with Crippen molar-refractivity contribution in [2.24, 2.45) is 5.73 Å². The highest BCUT2D eigenvalue weighted by molar-refractivity contribution is 5.17. The number of ether oxygens (including phenoxy) is 1. The van der Waals surface area contributed by atoms with Gasteiger partial charge in [-0.25, -0.2) is 0 Å². The second-order valence-corrected chi connectivity index (χ2v) is 3.84. The molecular formula is C12H16N2O. The zero-order chi connectivity index (χ0) is 10.5. The summed E-state index contributed by atoms with van der Waals surface area (Å²) in [5.41, 5.74) is 8.49. The number of aromatic nitrogens is 1. The minimum absolute atomic E-state index is 0.0644. The van der Waals surface area contributed by atoms with Crippen LogP contribution in [-0.2, 0) is 11.2 Å². The lowest BCUT2D eigenvalue weighted by molar-refractivity contribution is 0.221. The lowest BCUT2D eigenvalue weighted by atomic mass is 9.97. The van der Waals surface area contributed by atoms with E-state index >= 15 is 0 Å². The van der Waals surface area contributed by atoms with Crippen LogP contribution in [0, 0.1) is 0 Å². The third-order valence-electron chi connectivity index (χ3n) is 2.62. The fraction of sp³-hybridized carbons (Fsp3) is 0.417. The molecule has 1 unspecified atom stereocenters. The van der Waals surface area contributed by atoms with Crippen LogP contribution in [0.15, 0.2) is 36.4 Å². The van der Waals surface area contributed by atoms with Gasteiger partial charge in [-0.05, 0) is 36.5 Å². The first-order valence-electron chi connectivity index (χ1n) is 5.31. The summed E-state index contributed by atoms with van der Waals surface area (Å²) in [5.74, 6) is 0. The third-order valence-corrected chi connectivity index (χ3v) is 2.62. The van der Waals surface area contributed by atoms with Gasteiger partial charge in [-0.1, -0.05) is 6.07 Å². The normalized spacial score (nSPS) is 17.8. The largest absolute Gasteiger partial charge is 0.501 e. The first-order valence-corrected chi connectivity index (χ1v) is 5.31. The van der Waals surface area contributed by atoms with Crippen molar-refractivity contribution in [1.29, 1.82) is 0 Å². The Kier molecular flexibility index (Phi) is 3.35. The molecule has 3 nitrogen and oxygen atoms in total. The smallest absolute Gasteiger partial charge is 0.0876 e. The summed E-state index contributed by atoms with van der Waals surface area (Å²) in [6.45, 7) is 0.823. The van der Waals surface area contributed by atoms with Crippen molar-refractivity contribution in [3.8, 4) is 0 Å². The first-order chi connectivity index (χ1) is 7.36. The molecule has 0 aliphatic carbocycles. The van der Waals surface area contributed by atoms with Crippen LogP contribution in [0.5, 0.6) is 0 Å². The van der Waals surface area contributed by atoms with E-state index in [9.17, 15) is 0 Å². The highest BCUT2D eigenvalue weighted by atomic mass is 16.5. The maximum absolute atomic E-state index is 6.10. The van der Waals surface area contributed by atoms with Crippen LogP contribution in [0.2, 0.25) is 0 Å². The van der Waals surface area contributed by atoms with Crippen LogP contribution in [0.3, 0.4) is 0 Å². The maximum atomic E-state index is 6.10. The molecule has 3 heteroatoms. The van der Waals surface area contributed by atoms with Gasteiger partial charge >= 0.3 is 0 Å². The van der Waals surface area contributed by atoms with E-state index in [2.05, 4.69) is 11.1 Å². The molecule has 1 aliphatic rings. The Bertz CT molecular complexity index is 335. The Morgan fingerprint density at radius 2 is 2.47 bits per heavy atom. The molecular weight excluding hydrogens is 188 g/mol. The van der Waals surface area contributed by atoms with Gasteiger partial charge < -0.3 is 10.5 Å². The first kappa shape index (κ1) is 10.2. The van der Waals surface area contributed by atoms with E-state index in [1.807, 2.05) is 18.5 Å². The number of hydrogen-bond donors (Lipinski definition) is 1. The highest BCUT2D eigenvalue weighted by Gasteiger charge is 2.13. The van der Waals surface area contributed by atoms with Gasteiger partial charge in [0.25, 0.3) is 0 Å². The summed E-state index contributed by atoms with van der Waals surface area (Å²) in [6.07, 6.45) is 8.43. The molecule has 0 radical (unpaired) electrons. The van der Waals surface area contributed by atoms with Gasteiger partial charge in [0.2, 0.25) is 0 Å². The predicted octanol–water partition coefficient (Wildman–Crippen LogP) is 1.65. The SMILES string of the molecule is NC(Cc1cccnc1)C1=COCCC1. The van der Waals surface area contributed by atoms with E-state index in [0.717, 1.165) is 25.9 Å². The fourth-order valence-corrected chi connectivity index (χ4v) is 1.76. The van der Waals surface area contributed by atoms with Crippen LogP contribution >= 0.6 is 0 Å². The summed E-state index contributed by atoms with van der Waals surface area (Å²) < 4.78 is 5.28. The zero-order valence-corrected chi connectivity index (χ0v) is 8.73. The molecule has 1 aromatic heterocycles. The molecule has 0 saturated carbocycles. The summed E-state index contributed by atoms with van der Waals surface area (Å²) >= 11 is 0. The third kappa shape index (κ3) is 2.80. The molecule has 2 rings (SSSR count). The molecule has 15 heavy (non-hydrogen) atoms. The minimum atomic E-state index is 0.0644. The number of nitrogens with zero attached hydrogens (tertiary/aromatic N) is 1. The summed E-state index contributed by atoms with van der Waals surface area (Å²) in [6, 6.07) is 4.06. The van der Waals surface area contributed by atoms with Crippen molar-refractivity contribution < 1.29 is 4.74 Å². The van der Waals surface area contributed by atoms with Crippen LogP contribution in [0.25, 0.3) is 0 Å². The van der Waals surface area contributed by atoms with Crippen molar-refractivity contribution in [3.63, 3.8) is 0 Å². The molecule has 2 heterocycles. The average Bonchev–Trinajstić information content (AvgIpc) is 2.31. The van der Waals surface area contributed by atoms with Crippen LogP contribution in [-0.4, -0.2) is 17.6 Å². The maximum Gasteiger partial charge on any atom is 0.0876 e. The Morgan fingerprint density at radius 3 is 3.13 bits per heavy atom. The monoisotopic (exact) mass is 204 g/mol. The zero-order valence-electron chi connectivity index (χ0n) is 8.73. The molecule has 1 atom stereocenters. The van der Waals surface area contributed by atoms with Crippen LogP contribution in [0.4, 0.5) is 0 Å². The van der Waals surface area contributed by atoms with Gasteiger partial charge in [-0.2, -0.15) is 0 Å². The van der Waals surface area contributed by atoms with Crippen molar-refractivity contribution in [3.05, 3.63) is 41.9 Å². The fourth-order valence-electron chi connectivity index (χ4n) is 1.76. The van der Waals surface area contributed by atoms with E-state index < -0.39 is 0 Å². The number of rotatable bonds is 3. The van der Waals surface area contributed by atoms with Crippen LogP contribution < -0.4 is 5.73 Å². The molecule has 0 bridgehead atoms. The second-order valence-electron chi connectivity index (χ2n) is 3.84. The minimum Gasteiger partial charge on any atom is -0.501 e. The van der Waals surface area contributed by atoms with E-state index in [0.29, 0.717) is 0 Å². The lowest BCUT2D eigenvalue weighted by Crippen LogP contribution is -2.27. The van der Waals surface area contributed by atoms with Crippen molar-refractivity contribution in [2.45, 2.75) is 25.3 Å².